The molecule has 1 amide bonds. The first-order chi connectivity index (χ1) is 13.7. The van der Waals surface area contributed by atoms with E-state index < -0.39 is 28.1 Å². The van der Waals surface area contributed by atoms with Crippen LogP contribution in [0.2, 0.25) is 0 Å². The Labute approximate surface area is 170 Å². The zero-order chi connectivity index (χ0) is 21.0. The number of thioether (sulfide) groups is 1. The smallest absolute Gasteiger partial charge is 0.296 e. The van der Waals surface area contributed by atoms with Crippen molar-refractivity contribution in [1.82, 2.24) is 10.2 Å². The van der Waals surface area contributed by atoms with Crippen molar-refractivity contribution in [3.8, 4) is 0 Å². The van der Waals surface area contributed by atoms with Crippen molar-refractivity contribution in [1.29, 1.82) is 0 Å². The number of non-ortho nitro benzene ring substituents is 1. The largest absolute Gasteiger partial charge is 0.417 e. The lowest BCUT2D eigenvalue weighted by atomic mass is 10.1. The molecule has 0 bridgehead atoms. The van der Waals surface area contributed by atoms with Crippen LogP contribution in [0.1, 0.15) is 21.5 Å². The normalized spacial score (nSPS) is 11.3. The standard InChI is InChI=1S/C17H11F3N4O3S2/c18-17(19,20)13-7-2-1-6-12(13)14(25)21-15-22-23-16(29-15)28-9-10-4-3-5-11(8-10)24(26)27/h1-8H,9H2,(H,21,22,25). The van der Waals surface area contributed by atoms with Crippen LogP contribution in [0, 0.1) is 10.1 Å². The van der Waals surface area contributed by atoms with Crippen molar-refractivity contribution in [2.24, 2.45) is 0 Å². The molecule has 12 heteroatoms. The highest BCUT2D eigenvalue weighted by atomic mass is 32.2. The van der Waals surface area contributed by atoms with E-state index in [0.29, 0.717) is 15.7 Å². The first-order valence-electron chi connectivity index (χ1n) is 7.91. The van der Waals surface area contributed by atoms with Gasteiger partial charge < -0.3 is 0 Å². The molecule has 0 fully saturated rings. The first-order valence-corrected chi connectivity index (χ1v) is 9.71. The number of benzene rings is 2. The van der Waals surface area contributed by atoms with Crippen LogP contribution >= 0.6 is 23.1 Å². The maximum Gasteiger partial charge on any atom is 0.417 e. The minimum atomic E-state index is -4.66. The summed E-state index contributed by atoms with van der Waals surface area (Å²) in [4.78, 5) is 22.5. The van der Waals surface area contributed by atoms with Gasteiger partial charge in [-0.1, -0.05) is 47.4 Å². The summed E-state index contributed by atoms with van der Waals surface area (Å²) in [6, 6.07) is 10.6. The molecule has 0 aliphatic heterocycles. The molecular formula is C17H11F3N4O3S2. The molecule has 3 aromatic rings. The molecule has 150 valence electrons. The fraction of sp³-hybridized carbons (Fsp3) is 0.118. The highest BCUT2D eigenvalue weighted by molar-refractivity contribution is 8.00. The van der Waals surface area contributed by atoms with Gasteiger partial charge in [-0.05, 0) is 17.7 Å². The van der Waals surface area contributed by atoms with Gasteiger partial charge in [0.2, 0.25) is 5.13 Å². The number of halogens is 3. The minimum Gasteiger partial charge on any atom is -0.296 e. The van der Waals surface area contributed by atoms with Gasteiger partial charge in [0.05, 0.1) is 16.1 Å². The predicted molar refractivity (Wildman–Crippen MR) is 102 cm³/mol. The van der Waals surface area contributed by atoms with Crippen LogP contribution in [0.5, 0.6) is 0 Å². The van der Waals surface area contributed by atoms with Crippen molar-refractivity contribution < 1.29 is 22.9 Å². The van der Waals surface area contributed by atoms with Gasteiger partial charge in [0.1, 0.15) is 0 Å². The molecule has 0 radical (unpaired) electrons. The molecular weight excluding hydrogens is 429 g/mol. The quantitative estimate of drug-likeness (QED) is 0.250. The average Bonchev–Trinajstić information content (AvgIpc) is 3.13. The second-order valence-corrected chi connectivity index (χ2v) is 7.79. The predicted octanol–water partition coefficient (Wildman–Crippen LogP) is 5.01. The number of carbonyl (C=O) groups is 1. The maximum atomic E-state index is 13.0. The summed E-state index contributed by atoms with van der Waals surface area (Å²) in [6.45, 7) is 0. The molecule has 0 atom stereocenters. The van der Waals surface area contributed by atoms with E-state index in [-0.39, 0.29) is 10.8 Å². The number of hydrogen-bond donors (Lipinski definition) is 1. The zero-order valence-corrected chi connectivity index (χ0v) is 16.0. The maximum absolute atomic E-state index is 13.0. The Bertz CT molecular complexity index is 1060. The summed E-state index contributed by atoms with van der Waals surface area (Å²) < 4.78 is 39.6. The van der Waals surface area contributed by atoms with Crippen LogP contribution in [0.15, 0.2) is 52.9 Å². The molecule has 1 heterocycles. The van der Waals surface area contributed by atoms with Crippen LogP contribution in [0.3, 0.4) is 0 Å². The van der Waals surface area contributed by atoms with E-state index in [1.54, 1.807) is 12.1 Å². The minimum absolute atomic E-state index is 0.0309. The lowest BCUT2D eigenvalue weighted by Crippen LogP contribution is -2.18. The number of carbonyl (C=O) groups excluding carboxylic acids is 1. The molecule has 1 N–H and O–H groups in total. The summed E-state index contributed by atoms with van der Waals surface area (Å²) in [5, 5.41) is 20.8. The zero-order valence-electron chi connectivity index (χ0n) is 14.3. The Morgan fingerprint density at radius 3 is 2.66 bits per heavy atom. The van der Waals surface area contributed by atoms with Gasteiger partial charge in [-0.25, -0.2) is 0 Å². The highest BCUT2D eigenvalue weighted by Crippen LogP contribution is 2.33. The Morgan fingerprint density at radius 1 is 1.17 bits per heavy atom. The molecule has 0 saturated carbocycles. The van der Waals surface area contributed by atoms with E-state index in [2.05, 4.69) is 15.5 Å². The summed E-state index contributed by atoms with van der Waals surface area (Å²) in [6.07, 6.45) is -4.66. The van der Waals surface area contributed by atoms with E-state index in [1.165, 1.54) is 36.0 Å². The first kappa shape index (κ1) is 20.7. The van der Waals surface area contributed by atoms with Crippen molar-refractivity contribution in [2.75, 3.05) is 5.32 Å². The van der Waals surface area contributed by atoms with E-state index in [0.717, 1.165) is 23.5 Å². The SMILES string of the molecule is O=C(Nc1nnc(SCc2cccc([N+](=O)[O-])c2)s1)c1ccccc1C(F)(F)F. The number of nitro groups is 1. The van der Waals surface area contributed by atoms with Gasteiger partial charge in [0.15, 0.2) is 4.34 Å². The van der Waals surface area contributed by atoms with Gasteiger partial charge in [-0.15, -0.1) is 10.2 Å². The van der Waals surface area contributed by atoms with Crippen LogP contribution in [-0.4, -0.2) is 21.0 Å². The molecule has 7 nitrogen and oxygen atoms in total. The van der Waals surface area contributed by atoms with Crippen LogP contribution < -0.4 is 5.32 Å². The number of aromatic nitrogens is 2. The van der Waals surface area contributed by atoms with Crippen LogP contribution in [0.25, 0.3) is 0 Å². The number of amides is 1. The summed E-state index contributed by atoms with van der Waals surface area (Å²) >= 11 is 2.23. The summed E-state index contributed by atoms with van der Waals surface area (Å²) in [5.74, 6) is -0.564. The third kappa shape index (κ3) is 5.29. The van der Waals surface area contributed by atoms with Gasteiger partial charge in [0, 0.05) is 17.9 Å². The number of nitrogens with one attached hydrogen (secondary N) is 1. The molecule has 0 saturated heterocycles. The third-order valence-corrected chi connectivity index (χ3v) is 5.63. The monoisotopic (exact) mass is 440 g/mol. The molecule has 0 spiro atoms. The Morgan fingerprint density at radius 2 is 1.93 bits per heavy atom. The van der Waals surface area contributed by atoms with Crippen molar-refractivity contribution >= 4 is 39.8 Å². The number of nitro benzene ring substituents is 1. The molecule has 0 aliphatic carbocycles. The van der Waals surface area contributed by atoms with Crippen molar-refractivity contribution in [3.63, 3.8) is 0 Å². The Kier molecular flexibility index (Phi) is 6.13. The highest BCUT2D eigenvalue weighted by Gasteiger charge is 2.35. The van der Waals surface area contributed by atoms with E-state index in [9.17, 15) is 28.1 Å². The molecule has 0 aliphatic rings. The molecule has 3 rings (SSSR count). The van der Waals surface area contributed by atoms with Gasteiger partial charge in [0.25, 0.3) is 11.6 Å². The topological polar surface area (TPSA) is 98.0 Å². The average molecular weight is 440 g/mol. The number of alkyl halides is 3. The molecule has 0 unspecified atom stereocenters. The van der Waals surface area contributed by atoms with Crippen molar-refractivity contribution in [2.45, 2.75) is 16.3 Å². The number of nitrogens with zero attached hydrogens (tertiary/aromatic N) is 3. The van der Waals surface area contributed by atoms with Crippen LogP contribution in [-0.2, 0) is 11.9 Å². The van der Waals surface area contributed by atoms with E-state index in [1.807, 2.05) is 0 Å². The Hall–Kier alpha value is -2.99. The number of rotatable bonds is 6. The van der Waals surface area contributed by atoms with Crippen molar-refractivity contribution in [3.05, 3.63) is 75.3 Å². The van der Waals surface area contributed by atoms with E-state index in [4.69, 9.17) is 0 Å². The molecule has 29 heavy (non-hydrogen) atoms. The van der Waals surface area contributed by atoms with E-state index >= 15 is 0 Å². The fourth-order valence-electron chi connectivity index (χ4n) is 2.32. The fourth-order valence-corrected chi connectivity index (χ4v) is 4.01. The third-order valence-electron chi connectivity index (χ3n) is 3.59. The number of anilines is 1. The lowest BCUT2D eigenvalue weighted by molar-refractivity contribution is -0.384. The summed E-state index contributed by atoms with van der Waals surface area (Å²) in [7, 11) is 0. The molecule has 1 aromatic heterocycles. The molecule has 2 aromatic carbocycles. The summed E-state index contributed by atoms with van der Waals surface area (Å²) in [5.41, 5.74) is -0.885. The second kappa shape index (κ2) is 8.57. The van der Waals surface area contributed by atoms with Gasteiger partial charge in [-0.3, -0.25) is 20.2 Å². The second-order valence-electron chi connectivity index (χ2n) is 5.59. The van der Waals surface area contributed by atoms with Gasteiger partial charge in [-0.2, -0.15) is 13.2 Å². The van der Waals surface area contributed by atoms with Crippen LogP contribution in [0.4, 0.5) is 24.0 Å². The number of hydrogen-bond acceptors (Lipinski definition) is 7. The Balaban J connectivity index is 1.66. The van der Waals surface area contributed by atoms with Gasteiger partial charge >= 0.3 is 6.18 Å². The lowest BCUT2D eigenvalue weighted by Gasteiger charge is -2.11.